The van der Waals surface area contributed by atoms with Gasteiger partial charge in [0.2, 0.25) is 0 Å². The van der Waals surface area contributed by atoms with E-state index in [0.717, 1.165) is 61.8 Å². The average molecular weight is 374 g/mol. The topological polar surface area (TPSA) is 56.3 Å². The molecule has 1 aromatic heterocycles. The monoisotopic (exact) mass is 374 g/mol. The lowest BCUT2D eigenvalue weighted by atomic mass is 9.99. The number of aromatic carboxylic acids is 1. The van der Waals surface area contributed by atoms with Gasteiger partial charge in [0.1, 0.15) is 5.69 Å². The standard InChI is InChI=1S/C24H26N2O2/c27-24(28)23-21(20-10-4-5-12-22(20)25-23)11-6-7-15-26-16-13-19(14-17-26)18-8-2-1-3-9-18/h1-5,8-10,12-13,25H,6-7,11,14-17H2,(H,27,28). The van der Waals surface area contributed by atoms with Gasteiger partial charge in [0.05, 0.1) is 0 Å². The summed E-state index contributed by atoms with van der Waals surface area (Å²) in [6.45, 7) is 3.15. The number of carboxylic acids is 1. The summed E-state index contributed by atoms with van der Waals surface area (Å²) in [5.41, 5.74) is 4.97. The Morgan fingerprint density at radius 3 is 2.57 bits per heavy atom. The molecule has 0 atom stereocenters. The maximum Gasteiger partial charge on any atom is 0.352 e. The Morgan fingerprint density at radius 1 is 1.04 bits per heavy atom. The third-order valence-corrected chi connectivity index (χ3v) is 5.62. The molecule has 4 heteroatoms. The highest BCUT2D eigenvalue weighted by Crippen LogP contribution is 2.25. The van der Waals surface area contributed by atoms with E-state index in [2.05, 4.69) is 46.3 Å². The summed E-state index contributed by atoms with van der Waals surface area (Å²) in [5.74, 6) is -0.874. The second-order valence-electron chi connectivity index (χ2n) is 7.43. The van der Waals surface area contributed by atoms with Crippen LogP contribution in [0, 0.1) is 0 Å². The molecule has 1 aliphatic heterocycles. The van der Waals surface area contributed by atoms with Crippen molar-refractivity contribution in [3.05, 3.63) is 77.5 Å². The minimum atomic E-state index is -0.874. The second-order valence-corrected chi connectivity index (χ2v) is 7.43. The van der Waals surface area contributed by atoms with Crippen molar-refractivity contribution in [2.75, 3.05) is 19.6 Å². The van der Waals surface area contributed by atoms with Crippen LogP contribution < -0.4 is 0 Å². The number of carbonyl (C=O) groups is 1. The third-order valence-electron chi connectivity index (χ3n) is 5.62. The smallest absolute Gasteiger partial charge is 0.352 e. The summed E-state index contributed by atoms with van der Waals surface area (Å²) < 4.78 is 0. The largest absolute Gasteiger partial charge is 0.477 e. The number of benzene rings is 2. The van der Waals surface area contributed by atoms with Gasteiger partial charge in [0.15, 0.2) is 0 Å². The number of carboxylic acid groups (broad SMARTS) is 1. The number of aromatic nitrogens is 1. The van der Waals surface area contributed by atoms with Crippen molar-refractivity contribution in [2.24, 2.45) is 0 Å². The van der Waals surface area contributed by atoms with Gasteiger partial charge in [0, 0.05) is 24.0 Å². The van der Waals surface area contributed by atoms with Gasteiger partial charge in [-0.1, -0.05) is 54.6 Å². The number of unbranched alkanes of at least 4 members (excludes halogenated alkanes) is 1. The van der Waals surface area contributed by atoms with Crippen LogP contribution >= 0.6 is 0 Å². The fourth-order valence-electron chi connectivity index (χ4n) is 4.11. The van der Waals surface area contributed by atoms with E-state index in [1.165, 1.54) is 11.1 Å². The van der Waals surface area contributed by atoms with Crippen molar-refractivity contribution in [3.63, 3.8) is 0 Å². The van der Waals surface area contributed by atoms with Crippen molar-refractivity contribution in [2.45, 2.75) is 25.7 Å². The maximum atomic E-state index is 11.6. The molecule has 0 saturated carbocycles. The number of rotatable bonds is 7. The molecule has 0 spiro atoms. The SMILES string of the molecule is O=C(O)c1[nH]c2ccccc2c1CCCCN1CC=C(c2ccccc2)CC1. The molecule has 2 N–H and O–H groups in total. The van der Waals surface area contributed by atoms with Crippen molar-refractivity contribution in [3.8, 4) is 0 Å². The van der Waals surface area contributed by atoms with Crippen LogP contribution in [0.25, 0.3) is 16.5 Å². The minimum Gasteiger partial charge on any atom is -0.477 e. The molecule has 4 nitrogen and oxygen atoms in total. The van der Waals surface area contributed by atoms with E-state index >= 15 is 0 Å². The fraction of sp³-hybridized carbons (Fsp3) is 0.292. The summed E-state index contributed by atoms with van der Waals surface area (Å²) in [5, 5.41) is 10.5. The molecule has 2 aromatic carbocycles. The Bertz CT molecular complexity index is 988. The summed E-state index contributed by atoms with van der Waals surface area (Å²) in [6.07, 6.45) is 6.31. The van der Waals surface area contributed by atoms with Gasteiger partial charge in [-0.3, -0.25) is 4.90 Å². The Morgan fingerprint density at radius 2 is 1.82 bits per heavy atom. The van der Waals surface area contributed by atoms with Crippen molar-refractivity contribution in [1.29, 1.82) is 0 Å². The molecule has 0 unspecified atom stereocenters. The van der Waals surface area contributed by atoms with E-state index in [1.54, 1.807) is 0 Å². The molecule has 28 heavy (non-hydrogen) atoms. The average Bonchev–Trinajstić information content (AvgIpc) is 3.11. The molecule has 0 amide bonds. The lowest BCUT2D eigenvalue weighted by Crippen LogP contribution is -2.29. The highest BCUT2D eigenvalue weighted by molar-refractivity contribution is 5.97. The van der Waals surface area contributed by atoms with Gasteiger partial charge in [-0.25, -0.2) is 4.79 Å². The van der Waals surface area contributed by atoms with Gasteiger partial charge >= 0.3 is 5.97 Å². The number of nitrogens with zero attached hydrogens (tertiary/aromatic N) is 1. The zero-order valence-electron chi connectivity index (χ0n) is 16.0. The van der Waals surface area contributed by atoms with E-state index in [-0.39, 0.29) is 0 Å². The van der Waals surface area contributed by atoms with Gasteiger partial charge in [-0.15, -0.1) is 0 Å². The van der Waals surface area contributed by atoms with Crippen LogP contribution in [-0.2, 0) is 6.42 Å². The van der Waals surface area contributed by atoms with Gasteiger partial charge in [0.25, 0.3) is 0 Å². The first-order valence-corrected chi connectivity index (χ1v) is 10.0. The van der Waals surface area contributed by atoms with E-state index in [0.29, 0.717) is 5.69 Å². The lowest BCUT2D eigenvalue weighted by Gasteiger charge is -2.26. The zero-order valence-corrected chi connectivity index (χ0v) is 16.0. The van der Waals surface area contributed by atoms with E-state index in [1.807, 2.05) is 24.3 Å². The quantitative estimate of drug-likeness (QED) is 0.574. The first kappa shape index (κ1) is 18.5. The van der Waals surface area contributed by atoms with Crippen LogP contribution in [0.2, 0.25) is 0 Å². The number of H-pyrrole nitrogens is 1. The Kier molecular flexibility index (Phi) is 5.58. The van der Waals surface area contributed by atoms with Gasteiger partial charge in [-0.05, 0) is 55.0 Å². The number of aryl methyl sites for hydroxylation is 1. The number of aromatic amines is 1. The van der Waals surface area contributed by atoms with Gasteiger partial charge < -0.3 is 10.1 Å². The number of fused-ring (bicyclic) bond motifs is 1. The summed E-state index contributed by atoms with van der Waals surface area (Å²) in [4.78, 5) is 17.1. The molecule has 144 valence electrons. The molecular formula is C24H26N2O2. The Labute approximate surface area is 165 Å². The first-order chi connectivity index (χ1) is 13.7. The number of hydrogen-bond acceptors (Lipinski definition) is 2. The Balaban J connectivity index is 1.31. The summed E-state index contributed by atoms with van der Waals surface area (Å²) >= 11 is 0. The molecule has 0 radical (unpaired) electrons. The van der Waals surface area contributed by atoms with Crippen LogP contribution in [0.4, 0.5) is 0 Å². The fourth-order valence-corrected chi connectivity index (χ4v) is 4.11. The first-order valence-electron chi connectivity index (χ1n) is 10.0. The highest BCUT2D eigenvalue weighted by Gasteiger charge is 2.17. The second kappa shape index (κ2) is 8.44. The van der Waals surface area contributed by atoms with Crippen molar-refractivity contribution >= 4 is 22.4 Å². The molecule has 1 aliphatic rings. The molecule has 0 aliphatic carbocycles. The molecule has 0 fully saturated rings. The highest BCUT2D eigenvalue weighted by atomic mass is 16.4. The predicted octanol–water partition coefficient (Wildman–Crippen LogP) is 4.98. The number of nitrogens with one attached hydrogen (secondary N) is 1. The van der Waals surface area contributed by atoms with Crippen molar-refractivity contribution < 1.29 is 9.90 Å². The van der Waals surface area contributed by atoms with Crippen LogP contribution in [0.5, 0.6) is 0 Å². The van der Waals surface area contributed by atoms with E-state index < -0.39 is 5.97 Å². The predicted molar refractivity (Wildman–Crippen MR) is 114 cm³/mol. The molecule has 4 rings (SSSR count). The molecular weight excluding hydrogens is 348 g/mol. The Hall–Kier alpha value is -2.85. The summed E-state index contributed by atoms with van der Waals surface area (Å²) in [7, 11) is 0. The van der Waals surface area contributed by atoms with Crippen molar-refractivity contribution in [1.82, 2.24) is 9.88 Å². The van der Waals surface area contributed by atoms with Crippen LogP contribution in [0.15, 0.2) is 60.7 Å². The van der Waals surface area contributed by atoms with Crippen LogP contribution in [0.1, 0.15) is 40.9 Å². The normalized spacial score (nSPS) is 14.9. The lowest BCUT2D eigenvalue weighted by molar-refractivity contribution is 0.0690. The van der Waals surface area contributed by atoms with Gasteiger partial charge in [-0.2, -0.15) is 0 Å². The maximum absolute atomic E-state index is 11.6. The number of para-hydroxylation sites is 1. The van der Waals surface area contributed by atoms with E-state index in [9.17, 15) is 9.90 Å². The van der Waals surface area contributed by atoms with E-state index in [4.69, 9.17) is 0 Å². The zero-order chi connectivity index (χ0) is 19.3. The molecule has 0 bridgehead atoms. The van der Waals surface area contributed by atoms with Crippen LogP contribution in [-0.4, -0.2) is 40.6 Å². The summed E-state index contributed by atoms with van der Waals surface area (Å²) in [6, 6.07) is 18.5. The molecule has 3 aromatic rings. The minimum absolute atomic E-state index is 0.342. The van der Waals surface area contributed by atoms with Crippen LogP contribution in [0.3, 0.4) is 0 Å². The third kappa shape index (κ3) is 4.02. The number of hydrogen-bond donors (Lipinski definition) is 2. The molecule has 2 heterocycles. The molecule has 0 saturated heterocycles.